The summed E-state index contributed by atoms with van der Waals surface area (Å²) >= 11 is 0. The molecule has 3 rings (SSSR count). The first-order valence-electron chi connectivity index (χ1n) is 7.71. The molecular weight excluding hydrogens is 398 g/mol. The van der Waals surface area contributed by atoms with Crippen molar-refractivity contribution in [2.45, 2.75) is 31.2 Å². The molecule has 1 aliphatic carbocycles. The second kappa shape index (κ2) is 6.49. The Kier molecular flexibility index (Phi) is 4.55. The molecule has 1 aliphatic rings. The summed E-state index contributed by atoms with van der Waals surface area (Å²) in [5.41, 5.74) is -5.72. The molecule has 1 aromatic heterocycles. The molecule has 1 N–H and O–H groups in total. The molecule has 1 heterocycles. The van der Waals surface area contributed by atoms with Crippen LogP contribution in [0.25, 0.3) is 0 Å². The highest BCUT2D eigenvalue weighted by Gasteiger charge is 2.38. The Hall–Kier alpha value is -3.12. The van der Waals surface area contributed by atoms with Gasteiger partial charge in [-0.1, -0.05) is 0 Å². The molecule has 0 amide bonds. The van der Waals surface area contributed by atoms with E-state index in [2.05, 4.69) is 10.3 Å². The normalized spacial score (nSPS) is 14.8. The minimum absolute atomic E-state index is 0.246. The molecule has 150 valence electrons. The Balaban J connectivity index is 2.14. The van der Waals surface area contributed by atoms with Crippen LogP contribution in [0.5, 0.6) is 0 Å². The monoisotopic (exact) mass is 408 g/mol. The molecule has 0 aliphatic heterocycles. The van der Waals surface area contributed by atoms with Crippen LogP contribution in [0.3, 0.4) is 0 Å². The van der Waals surface area contributed by atoms with E-state index in [9.17, 15) is 41.3 Å². The molecule has 28 heavy (non-hydrogen) atoms. The minimum atomic E-state index is -5.04. The van der Waals surface area contributed by atoms with Gasteiger partial charge < -0.3 is 5.32 Å². The Morgan fingerprint density at radius 1 is 1.11 bits per heavy atom. The van der Waals surface area contributed by atoms with Gasteiger partial charge >= 0.3 is 12.4 Å². The van der Waals surface area contributed by atoms with Gasteiger partial charge in [0.05, 0.1) is 16.2 Å². The summed E-state index contributed by atoms with van der Waals surface area (Å²) < 4.78 is 79.5. The van der Waals surface area contributed by atoms with Crippen molar-refractivity contribution < 1.29 is 31.3 Å². The van der Waals surface area contributed by atoms with E-state index in [1.807, 2.05) is 0 Å². The number of nitro benzene ring substituents is 1. The zero-order chi connectivity index (χ0) is 20.9. The van der Waals surface area contributed by atoms with E-state index >= 15 is 0 Å². The number of hydrogen-bond acceptors (Lipinski definition) is 5. The summed E-state index contributed by atoms with van der Waals surface area (Å²) in [5, 5.41) is 12.8. The number of non-ortho nitro benzene ring substituents is 1. The summed E-state index contributed by atoms with van der Waals surface area (Å²) in [6.45, 7) is 0. The Morgan fingerprint density at radius 3 is 2.25 bits per heavy atom. The van der Waals surface area contributed by atoms with Crippen LogP contribution < -0.4 is 10.9 Å². The number of aromatic nitrogens is 2. The highest BCUT2D eigenvalue weighted by Crippen LogP contribution is 2.40. The number of nitrogens with one attached hydrogen (secondary N) is 1. The molecule has 1 saturated carbocycles. The Morgan fingerprint density at radius 2 is 1.75 bits per heavy atom. The van der Waals surface area contributed by atoms with Gasteiger partial charge in [0, 0.05) is 24.2 Å². The summed E-state index contributed by atoms with van der Waals surface area (Å²) in [5.74, 6) is -0.721. The second-order valence-electron chi connectivity index (χ2n) is 6.01. The minimum Gasteiger partial charge on any atom is -0.325 e. The fraction of sp³-hybridized carbons (Fsp3) is 0.333. The SMILES string of the molecule is O=c1cc(C(F)(F)F)nc(Nc2ccc([N+](=O)[O-])cc2C(F)(F)F)n1C1CC1. The smallest absolute Gasteiger partial charge is 0.325 e. The lowest BCUT2D eigenvalue weighted by molar-refractivity contribution is -0.385. The molecule has 7 nitrogen and oxygen atoms in total. The van der Waals surface area contributed by atoms with Gasteiger partial charge in [-0.15, -0.1) is 0 Å². The summed E-state index contributed by atoms with van der Waals surface area (Å²) in [4.78, 5) is 25.0. The van der Waals surface area contributed by atoms with E-state index in [0.29, 0.717) is 18.9 Å². The largest absolute Gasteiger partial charge is 0.433 e. The fourth-order valence-corrected chi connectivity index (χ4v) is 2.52. The van der Waals surface area contributed by atoms with Crippen LogP contribution in [-0.4, -0.2) is 14.5 Å². The number of hydrogen-bond donors (Lipinski definition) is 1. The third kappa shape index (κ3) is 3.92. The van der Waals surface area contributed by atoms with Crippen molar-refractivity contribution in [1.82, 2.24) is 9.55 Å². The molecule has 1 aromatic carbocycles. The van der Waals surface area contributed by atoms with E-state index in [0.717, 1.165) is 10.6 Å². The van der Waals surface area contributed by atoms with Gasteiger partial charge in [0.1, 0.15) is 0 Å². The predicted octanol–water partition coefficient (Wildman–Crippen LogP) is 4.27. The van der Waals surface area contributed by atoms with Crippen LogP contribution in [0.1, 0.15) is 30.1 Å². The van der Waals surface area contributed by atoms with Crippen LogP contribution in [0.2, 0.25) is 0 Å². The van der Waals surface area contributed by atoms with Crippen LogP contribution in [0.4, 0.5) is 43.7 Å². The van der Waals surface area contributed by atoms with Crippen molar-refractivity contribution in [3.05, 3.63) is 56.0 Å². The fourth-order valence-electron chi connectivity index (χ4n) is 2.52. The van der Waals surface area contributed by atoms with Gasteiger partial charge in [-0.2, -0.15) is 26.3 Å². The first kappa shape index (κ1) is 19.6. The first-order valence-corrected chi connectivity index (χ1v) is 7.71. The lowest BCUT2D eigenvalue weighted by Crippen LogP contribution is -2.26. The third-order valence-corrected chi connectivity index (χ3v) is 3.92. The standard InChI is InChI=1S/C15H10F6N4O3/c16-14(17,18)9-5-8(25(27)28)3-4-10(9)22-13-23-11(15(19,20)21)6-12(26)24(13)7-1-2-7/h3-7H,1-2H2,(H,22,23). The molecule has 1 fully saturated rings. The van der Waals surface area contributed by atoms with E-state index in [1.54, 1.807) is 0 Å². The number of nitrogens with zero attached hydrogens (tertiary/aromatic N) is 3. The molecule has 0 spiro atoms. The number of halogens is 6. The highest BCUT2D eigenvalue weighted by molar-refractivity contribution is 5.63. The highest BCUT2D eigenvalue weighted by atomic mass is 19.4. The van der Waals surface area contributed by atoms with E-state index < -0.39 is 57.5 Å². The van der Waals surface area contributed by atoms with E-state index in [4.69, 9.17) is 0 Å². The molecule has 0 unspecified atom stereocenters. The van der Waals surface area contributed by atoms with Gasteiger partial charge in [0.2, 0.25) is 5.95 Å². The summed E-state index contributed by atoms with van der Waals surface area (Å²) in [6, 6.07) is 1.48. The third-order valence-electron chi connectivity index (χ3n) is 3.92. The van der Waals surface area contributed by atoms with Crippen molar-refractivity contribution in [3.8, 4) is 0 Å². The van der Waals surface area contributed by atoms with Crippen LogP contribution in [0, 0.1) is 10.1 Å². The topological polar surface area (TPSA) is 90.1 Å². The molecule has 0 radical (unpaired) electrons. The second-order valence-corrected chi connectivity index (χ2v) is 6.01. The molecule has 0 saturated heterocycles. The lowest BCUT2D eigenvalue weighted by Gasteiger charge is -2.18. The van der Waals surface area contributed by atoms with E-state index in [1.165, 1.54) is 0 Å². The van der Waals surface area contributed by atoms with Crippen LogP contribution in [-0.2, 0) is 12.4 Å². The zero-order valence-corrected chi connectivity index (χ0v) is 13.6. The molecule has 0 atom stereocenters. The van der Waals surface area contributed by atoms with Crippen LogP contribution >= 0.6 is 0 Å². The maximum atomic E-state index is 13.3. The Labute approximate surface area is 151 Å². The summed E-state index contributed by atoms with van der Waals surface area (Å²) in [7, 11) is 0. The quantitative estimate of drug-likeness (QED) is 0.464. The predicted molar refractivity (Wildman–Crippen MR) is 83.2 cm³/mol. The maximum Gasteiger partial charge on any atom is 0.433 e. The van der Waals surface area contributed by atoms with Crippen molar-refractivity contribution in [2.75, 3.05) is 5.32 Å². The molecule has 2 aromatic rings. The number of alkyl halides is 6. The average Bonchev–Trinajstić information content (AvgIpc) is 3.37. The average molecular weight is 408 g/mol. The number of benzene rings is 1. The number of rotatable bonds is 4. The number of nitro groups is 1. The van der Waals surface area contributed by atoms with Crippen molar-refractivity contribution >= 4 is 17.3 Å². The molecular formula is C15H10F6N4O3. The van der Waals surface area contributed by atoms with Crippen molar-refractivity contribution in [1.29, 1.82) is 0 Å². The summed E-state index contributed by atoms with van der Waals surface area (Å²) in [6.07, 6.45) is -9.12. The van der Waals surface area contributed by atoms with E-state index in [-0.39, 0.29) is 12.1 Å². The van der Waals surface area contributed by atoms with Crippen molar-refractivity contribution in [2.24, 2.45) is 0 Å². The zero-order valence-electron chi connectivity index (χ0n) is 13.6. The van der Waals surface area contributed by atoms with Gasteiger partial charge in [-0.3, -0.25) is 19.5 Å². The van der Waals surface area contributed by atoms with Gasteiger partial charge in [0.25, 0.3) is 11.2 Å². The lowest BCUT2D eigenvalue weighted by atomic mass is 10.1. The maximum absolute atomic E-state index is 13.3. The Bertz CT molecular complexity index is 995. The van der Waals surface area contributed by atoms with Crippen molar-refractivity contribution in [3.63, 3.8) is 0 Å². The van der Waals surface area contributed by atoms with Gasteiger partial charge in [0.15, 0.2) is 5.69 Å². The first-order chi connectivity index (χ1) is 12.9. The van der Waals surface area contributed by atoms with Gasteiger partial charge in [-0.05, 0) is 18.9 Å². The number of anilines is 2. The van der Waals surface area contributed by atoms with Gasteiger partial charge in [-0.25, -0.2) is 4.98 Å². The van der Waals surface area contributed by atoms with Crippen LogP contribution in [0.15, 0.2) is 29.1 Å². The molecule has 13 heteroatoms. The molecule has 0 bridgehead atoms.